The van der Waals surface area contributed by atoms with Gasteiger partial charge in [-0.25, -0.2) is 0 Å². The van der Waals surface area contributed by atoms with E-state index in [1.165, 1.54) is 0 Å². The summed E-state index contributed by atoms with van der Waals surface area (Å²) >= 11 is 0. The molecule has 0 bridgehead atoms. The molecule has 0 amide bonds. The molecule has 0 spiro atoms. The molecule has 0 radical (unpaired) electrons. The van der Waals surface area contributed by atoms with Crippen molar-refractivity contribution in [3.63, 3.8) is 0 Å². The maximum atomic E-state index is 5.78. The molecule has 1 aliphatic heterocycles. The van der Waals surface area contributed by atoms with Gasteiger partial charge in [0.2, 0.25) is 11.8 Å². The molecule has 0 aliphatic carbocycles. The summed E-state index contributed by atoms with van der Waals surface area (Å²) in [5, 5.41) is 7.68. The Morgan fingerprint density at radius 3 is 2.94 bits per heavy atom. The number of ether oxygens (including phenoxy) is 1. The zero-order valence-electron chi connectivity index (χ0n) is 10.1. The minimum absolute atomic E-state index is 0.318. The first-order chi connectivity index (χ1) is 7.65. The zero-order chi connectivity index (χ0) is 11.5. The van der Waals surface area contributed by atoms with Crippen LogP contribution >= 0.6 is 0 Å². The van der Waals surface area contributed by atoms with E-state index in [-0.39, 0.29) is 0 Å². The Morgan fingerprint density at radius 1 is 1.50 bits per heavy atom. The van der Waals surface area contributed by atoms with E-state index in [2.05, 4.69) is 29.1 Å². The minimum Gasteiger partial charge on any atom is -0.423 e. The molecule has 2 rings (SSSR count). The molecule has 0 unspecified atom stereocenters. The number of rotatable bonds is 3. The summed E-state index contributed by atoms with van der Waals surface area (Å²) in [6.45, 7) is 5.54. The summed E-state index contributed by atoms with van der Waals surface area (Å²) in [6, 6.07) is 0.586. The largest absolute Gasteiger partial charge is 0.423 e. The highest BCUT2D eigenvalue weighted by Gasteiger charge is 2.23. The molecule has 1 aromatic heterocycles. The fraction of sp³-hybridized carbons (Fsp3) is 0.818. The lowest BCUT2D eigenvalue weighted by Crippen LogP contribution is -2.40. The lowest BCUT2D eigenvalue weighted by Gasteiger charge is -2.34. The number of aromatic nitrogens is 2. The quantitative estimate of drug-likeness (QED) is 0.777. The lowest BCUT2D eigenvalue weighted by molar-refractivity contribution is -0.0218. The van der Waals surface area contributed by atoms with Crippen molar-refractivity contribution in [2.75, 3.05) is 13.6 Å². The first-order valence-corrected chi connectivity index (χ1v) is 5.76. The van der Waals surface area contributed by atoms with Crippen molar-refractivity contribution in [2.45, 2.75) is 45.4 Å². The van der Waals surface area contributed by atoms with Crippen LogP contribution in [0, 0.1) is 6.92 Å². The third kappa shape index (κ3) is 2.80. The van der Waals surface area contributed by atoms with Crippen LogP contribution in [0.25, 0.3) is 0 Å². The van der Waals surface area contributed by atoms with E-state index in [1.54, 1.807) is 6.92 Å². The van der Waals surface area contributed by atoms with Gasteiger partial charge in [-0.05, 0) is 26.8 Å². The van der Waals surface area contributed by atoms with Gasteiger partial charge in [0.25, 0.3) is 0 Å². The molecule has 2 atom stereocenters. The number of hydrogen-bond donors (Lipinski definition) is 0. The first kappa shape index (κ1) is 11.5. The molecule has 2 heterocycles. The second-order valence-corrected chi connectivity index (χ2v) is 4.50. The average molecular weight is 225 g/mol. The van der Waals surface area contributed by atoms with Gasteiger partial charge in [-0.2, -0.15) is 0 Å². The van der Waals surface area contributed by atoms with Crippen LogP contribution < -0.4 is 0 Å². The van der Waals surface area contributed by atoms with Gasteiger partial charge in [-0.3, -0.25) is 0 Å². The van der Waals surface area contributed by atoms with E-state index in [0.717, 1.165) is 19.4 Å². The number of hydrogen-bond acceptors (Lipinski definition) is 5. The van der Waals surface area contributed by atoms with Crippen LogP contribution in [0.15, 0.2) is 4.42 Å². The highest BCUT2D eigenvalue weighted by Crippen LogP contribution is 2.19. The molecule has 16 heavy (non-hydrogen) atoms. The van der Waals surface area contributed by atoms with E-state index in [9.17, 15) is 0 Å². The smallest absolute Gasteiger partial charge is 0.242 e. The standard InChI is InChI=1S/C11H19N3O2/c1-8-6-10(4-5-14(8)3)15-7-11-13-12-9(2)16-11/h8,10H,4-7H2,1-3H3/t8-,10-/m0/s1. The van der Waals surface area contributed by atoms with Crippen molar-refractivity contribution < 1.29 is 9.15 Å². The summed E-state index contributed by atoms with van der Waals surface area (Å²) < 4.78 is 11.0. The molecule has 0 N–H and O–H groups in total. The van der Waals surface area contributed by atoms with Crippen molar-refractivity contribution in [2.24, 2.45) is 0 Å². The lowest BCUT2D eigenvalue weighted by atomic mass is 10.0. The summed E-state index contributed by atoms with van der Waals surface area (Å²) in [5.41, 5.74) is 0. The Balaban J connectivity index is 1.78. The topological polar surface area (TPSA) is 51.4 Å². The van der Waals surface area contributed by atoms with Crippen molar-refractivity contribution >= 4 is 0 Å². The normalized spacial score (nSPS) is 27.2. The average Bonchev–Trinajstić information content (AvgIpc) is 2.66. The van der Waals surface area contributed by atoms with Crippen LogP contribution in [0.5, 0.6) is 0 Å². The Morgan fingerprint density at radius 2 is 2.31 bits per heavy atom. The van der Waals surface area contributed by atoms with Crippen molar-refractivity contribution in [1.29, 1.82) is 0 Å². The van der Waals surface area contributed by atoms with Crippen LogP contribution in [0.3, 0.4) is 0 Å². The van der Waals surface area contributed by atoms with E-state index in [0.29, 0.717) is 30.5 Å². The van der Waals surface area contributed by atoms with Crippen molar-refractivity contribution in [3.05, 3.63) is 11.8 Å². The van der Waals surface area contributed by atoms with E-state index in [4.69, 9.17) is 9.15 Å². The number of aryl methyl sites for hydroxylation is 1. The highest BCUT2D eigenvalue weighted by molar-refractivity contribution is 4.79. The molecule has 0 aromatic carbocycles. The van der Waals surface area contributed by atoms with Gasteiger partial charge < -0.3 is 14.1 Å². The molecule has 1 aromatic rings. The van der Waals surface area contributed by atoms with Crippen LogP contribution in [0.1, 0.15) is 31.5 Å². The minimum atomic E-state index is 0.318. The van der Waals surface area contributed by atoms with Gasteiger partial charge >= 0.3 is 0 Å². The van der Waals surface area contributed by atoms with Gasteiger partial charge in [0.05, 0.1) is 6.10 Å². The summed E-state index contributed by atoms with van der Waals surface area (Å²) in [4.78, 5) is 2.36. The fourth-order valence-corrected chi connectivity index (χ4v) is 1.98. The maximum absolute atomic E-state index is 5.78. The number of nitrogens with zero attached hydrogens (tertiary/aromatic N) is 3. The molecular weight excluding hydrogens is 206 g/mol. The second-order valence-electron chi connectivity index (χ2n) is 4.50. The first-order valence-electron chi connectivity index (χ1n) is 5.76. The van der Waals surface area contributed by atoms with E-state index >= 15 is 0 Å². The zero-order valence-corrected chi connectivity index (χ0v) is 10.1. The fourth-order valence-electron chi connectivity index (χ4n) is 1.98. The highest BCUT2D eigenvalue weighted by atomic mass is 16.5. The third-order valence-corrected chi connectivity index (χ3v) is 3.17. The molecule has 1 fully saturated rings. The van der Waals surface area contributed by atoms with Crippen LogP contribution in [0.2, 0.25) is 0 Å². The molecule has 5 nitrogen and oxygen atoms in total. The Kier molecular flexibility index (Phi) is 3.56. The number of piperidine rings is 1. The van der Waals surface area contributed by atoms with Gasteiger partial charge in [-0.15, -0.1) is 10.2 Å². The van der Waals surface area contributed by atoms with Gasteiger partial charge in [0, 0.05) is 19.5 Å². The maximum Gasteiger partial charge on any atom is 0.242 e. The SMILES string of the molecule is Cc1nnc(CO[C@H]2CCN(C)[C@@H](C)C2)o1. The molecule has 0 saturated carbocycles. The Hall–Kier alpha value is -0.940. The molecule has 5 heteroatoms. The molecule has 1 saturated heterocycles. The van der Waals surface area contributed by atoms with Crippen molar-refractivity contribution in [1.82, 2.24) is 15.1 Å². The second kappa shape index (κ2) is 4.93. The third-order valence-electron chi connectivity index (χ3n) is 3.17. The van der Waals surface area contributed by atoms with E-state index in [1.807, 2.05) is 0 Å². The molecule has 90 valence electrons. The molecular formula is C11H19N3O2. The van der Waals surface area contributed by atoms with Gasteiger partial charge in [-0.1, -0.05) is 0 Å². The number of likely N-dealkylation sites (tertiary alicyclic amines) is 1. The Bertz CT molecular complexity index is 340. The predicted molar refractivity (Wildman–Crippen MR) is 58.9 cm³/mol. The van der Waals surface area contributed by atoms with Gasteiger partial charge in [0.1, 0.15) is 6.61 Å². The van der Waals surface area contributed by atoms with E-state index < -0.39 is 0 Å². The summed E-state index contributed by atoms with van der Waals surface area (Å²) in [5.74, 6) is 1.17. The van der Waals surface area contributed by atoms with Crippen molar-refractivity contribution in [3.8, 4) is 0 Å². The predicted octanol–water partition coefficient (Wildman–Crippen LogP) is 1.38. The van der Waals surface area contributed by atoms with Crippen LogP contribution in [-0.2, 0) is 11.3 Å². The summed E-state index contributed by atoms with van der Waals surface area (Å²) in [6.07, 6.45) is 2.47. The van der Waals surface area contributed by atoms with Gasteiger partial charge in [0.15, 0.2) is 0 Å². The summed E-state index contributed by atoms with van der Waals surface area (Å²) in [7, 11) is 2.16. The monoisotopic (exact) mass is 225 g/mol. The molecule has 1 aliphatic rings. The van der Waals surface area contributed by atoms with Crippen LogP contribution in [-0.4, -0.2) is 40.8 Å². The Labute approximate surface area is 95.8 Å². The van der Waals surface area contributed by atoms with Crippen LogP contribution in [0.4, 0.5) is 0 Å².